The summed E-state index contributed by atoms with van der Waals surface area (Å²) >= 11 is 0. The van der Waals surface area contributed by atoms with Crippen LogP contribution in [-0.4, -0.2) is 25.4 Å². The number of nitrogens with zero attached hydrogens (tertiary/aromatic N) is 1. The molecule has 0 saturated heterocycles. The zero-order valence-corrected chi connectivity index (χ0v) is 11.9. The van der Waals surface area contributed by atoms with Crippen LogP contribution in [0.2, 0.25) is 0 Å². The fourth-order valence-electron chi connectivity index (χ4n) is 1.72. The number of nitrogens with one attached hydrogen (secondary N) is 2. The molecule has 2 aromatic rings. The molecule has 2 N–H and O–H groups in total. The van der Waals surface area contributed by atoms with Crippen LogP contribution < -0.4 is 9.46 Å². The Bertz CT molecular complexity index is 740. The first kappa shape index (κ1) is 15.0. The van der Waals surface area contributed by atoms with Crippen molar-refractivity contribution in [2.45, 2.75) is 11.4 Å². The van der Waals surface area contributed by atoms with Crippen molar-refractivity contribution in [2.75, 3.05) is 7.11 Å². The zero-order valence-electron chi connectivity index (χ0n) is 11.1. The Morgan fingerprint density at radius 2 is 2.14 bits per heavy atom. The first-order chi connectivity index (χ1) is 9.94. The highest BCUT2D eigenvalue weighted by Gasteiger charge is 2.26. The van der Waals surface area contributed by atoms with Crippen LogP contribution in [0.15, 0.2) is 41.6 Å². The number of ether oxygens (including phenoxy) is 1. The van der Waals surface area contributed by atoms with Gasteiger partial charge in [-0.25, -0.2) is 13.1 Å². The van der Waals surface area contributed by atoms with E-state index in [0.717, 1.165) is 17.7 Å². The van der Waals surface area contributed by atoms with Crippen molar-refractivity contribution in [3.05, 3.63) is 52.3 Å². The van der Waals surface area contributed by atoms with E-state index in [1.54, 1.807) is 18.5 Å². The molecule has 21 heavy (non-hydrogen) atoms. The van der Waals surface area contributed by atoms with E-state index in [9.17, 15) is 18.5 Å². The summed E-state index contributed by atoms with van der Waals surface area (Å²) in [4.78, 5) is 12.7. The van der Waals surface area contributed by atoms with E-state index in [-0.39, 0.29) is 12.3 Å². The number of aromatic nitrogens is 1. The van der Waals surface area contributed by atoms with Crippen molar-refractivity contribution in [2.24, 2.45) is 0 Å². The lowest BCUT2D eigenvalue weighted by Gasteiger charge is -2.07. The summed E-state index contributed by atoms with van der Waals surface area (Å²) in [6.07, 6.45) is 3.28. The molecule has 8 nitrogen and oxygen atoms in total. The van der Waals surface area contributed by atoms with Crippen molar-refractivity contribution in [1.29, 1.82) is 0 Å². The van der Waals surface area contributed by atoms with E-state index < -0.39 is 25.5 Å². The van der Waals surface area contributed by atoms with Gasteiger partial charge in [-0.1, -0.05) is 0 Å². The fourth-order valence-corrected chi connectivity index (χ4v) is 2.89. The maximum Gasteiger partial charge on any atom is 0.293 e. The van der Waals surface area contributed by atoms with Crippen LogP contribution in [0.4, 0.5) is 5.69 Å². The van der Waals surface area contributed by atoms with Gasteiger partial charge in [0.15, 0.2) is 4.90 Å². The smallest absolute Gasteiger partial charge is 0.293 e. The molecule has 0 atom stereocenters. The molecule has 112 valence electrons. The highest BCUT2D eigenvalue weighted by molar-refractivity contribution is 7.89. The summed E-state index contributed by atoms with van der Waals surface area (Å²) in [7, 11) is -2.65. The summed E-state index contributed by atoms with van der Waals surface area (Å²) < 4.78 is 31.6. The molecule has 0 fully saturated rings. The molecule has 1 heterocycles. The summed E-state index contributed by atoms with van der Waals surface area (Å²) in [5, 5.41) is 11.0. The lowest BCUT2D eigenvalue weighted by atomic mass is 10.3. The number of hydrogen-bond donors (Lipinski definition) is 2. The standard InChI is InChI=1S/C12H13N3O5S/c1-20-10-2-3-12(11(6-10)15(16)17)21(18,19)14-8-9-4-5-13-7-9/h2-7,13-14H,8H2,1H3. The molecule has 1 aromatic carbocycles. The van der Waals surface area contributed by atoms with E-state index in [2.05, 4.69) is 9.71 Å². The SMILES string of the molecule is COc1ccc(S(=O)(=O)NCc2cc[nH]c2)c([N+](=O)[O-])c1. The number of nitro groups is 1. The number of H-pyrrole nitrogens is 1. The van der Waals surface area contributed by atoms with Crippen LogP contribution in [0.25, 0.3) is 0 Å². The maximum absolute atomic E-state index is 12.2. The Hall–Kier alpha value is -2.39. The third kappa shape index (κ3) is 3.38. The Balaban J connectivity index is 2.32. The number of benzene rings is 1. The van der Waals surface area contributed by atoms with Crippen LogP contribution in [0.5, 0.6) is 5.75 Å². The van der Waals surface area contributed by atoms with E-state index in [4.69, 9.17) is 4.74 Å². The number of aromatic amines is 1. The average Bonchev–Trinajstić information content (AvgIpc) is 2.98. The summed E-state index contributed by atoms with van der Waals surface area (Å²) in [6, 6.07) is 5.28. The number of methoxy groups -OCH3 is 1. The highest BCUT2D eigenvalue weighted by atomic mass is 32.2. The van der Waals surface area contributed by atoms with Gasteiger partial charge in [0.25, 0.3) is 5.69 Å². The van der Waals surface area contributed by atoms with E-state index in [1.165, 1.54) is 13.2 Å². The zero-order chi connectivity index (χ0) is 15.5. The van der Waals surface area contributed by atoms with Crippen LogP contribution in [-0.2, 0) is 16.6 Å². The predicted molar refractivity (Wildman–Crippen MR) is 74.5 cm³/mol. The van der Waals surface area contributed by atoms with Gasteiger partial charge in [-0.15, -0.1) is 0 Å². The Morgan fingerprint density at radius 1 is 1.38 bits per heavy atom. The normalized spacial score (nSPS) is 11.3. The fraction of sp³-hybridized carbons (Fsp3) is 0.167. The second kappa shape index (κ2) is 5.94. The van der Waals surface area contributed by atoms with Gasteiger partial charge >= 0.3 is 0 Å². The molecule has 2 rings (SSSR count). The van der Waals surface area contributed by atoms with Crippen molar-refractivity contribution in [3.63, 3.8) is 0 Å². The Morgan fingerprint density at radius 3 is 2.71 bits per heavy atom. The molecule has 1 aromatic heterocycles. The lowest BCUT2D eigenvalue weighted by Crippen LogP contribution is -2.23. The molecule has 0 spiro atoms. The third-order valence-corrected chi connectivity index (χ3v) is 4.23. The molecule has 0 saturated carbocycles. The molecule has 0 aliphatic carbocycles. The Labute approximate surface area is 121 Å². The van der Waals surface area contributed by atoms with Gasteiger partial charge in [-0.05, 0) is 23.8 Å². The molecule has 0 unspecified atom stereocenters. The summed E-state index contributed by atoms with van der Waals surface area (Å²) in [5.41, 5.74) is 0.186. The van der Waals surface area contributed by atoms with Crippen molar-refractivity contribution < 1.29 is 18.1 Å². The van der Waals surface area contributed by atoms with Gasteiger partial charge in [0.1, 0.15) is 5.75 Å². The van der Waals surface area contributed by atoms with Gasteiger partial charge in [0.05, 0.1) is 18.1 Å². The number of rotatable bonds is 6. The van der Waals surface area contributed by atoms with Gasteiger partial charge < -0.3 is 9.72 Å². The first-order valence-electron chi connectivity index (χ1n) is 5.88. The molecule has 0 aliphatic rings. The summed E-state index contributed by atoms with van der Waals surface area (Å²) in [5.74, 6) is 0.214. The second-order valence-corrected chi connectivity index (χ2v) is 5.87. The highest BCUT2D eigenvalue weighted by Crippen LogP contribution is 2.28. The first-order valence-corrected chi connectivity index (χ1v) is 7.36. The van der Waals surface area contributed by atoms with Crippen molar-refractivity contribution >= 4 is 15.7 Å². The third-order valence-electron chi connectivity index (χ3n) is 2.78. The molecule has 0 aliphatic heterocycles. The van der Waals surface area contributed by atoms with Crippen molar-refractivity contribution in [3.8, 4) is 5.75 Å². The molecule has 9 heteroatoms. The Kier molecular flexibility index (Phi) is 4.24. The van der Waals surface area contributed by atoms with Crippen molar-refractivity contribution in [1.82, 2.24) is 9.71 Å². The van der Waals surface area contributed by atoms with E-state index >= 15 is 0 Å². The minimum atomic E-state index is -4.00. The minimum Gasteiger partial charge on any atom is -0.497 e. The summed E-state index contributed by atoms with van der Waals surface area (Å²) in [6.45, 7) is 0.0367. The lowest BCUT2D eigenvalue weighted by molar-refractivity contribution is -0.387. The van der Waals surface area contributed by atoms with Crippen LogP contribution in [0.3, 0.4) is 0 Å². The predicted octanol–water partition coefficient (Wildman–Crippen LogP) is 1.41. The van der Waals surface area contributed by atoms with Crippen LogP contribution in [0, 0.1) is 10.1 Å². The van der Waals surface area contributed by atoms with E-state index in [1.807, 2.05) is 0 Å². The number of nitro benzene ring substituents is 1. The molecule has 0 radical (unpaired) electrons. The maximum atomic E-state index is 12.2. The average molecular weight is 311 g/mol. The van der Waals surface area contributed by atoms with Gasteiger partial charge in [0, 0.05) is 18.9 Å². The van der Waals surface area contributed by atoms with Crippen LogP contribution in [0.1, 0.15) is 5.56 Å². The second-order valence-electron chi connectivity index (χ2n) is 4.13. The van der Waals surface area contributed by atoms with E-state index in [0.29, 0.717) is 0 Å². The minimum absolute atomic E-state index is 0.0367. The molecule has 0 bridgehead atoms. The molecular formula is C12H13N3O5S. The van der Waals surface area contributed by atoms with Gasteiger partial charge in [-0.3, -0.25) is 10.1 Å². The molecule has 0 amide bonds. The van der Waals surface area contributed by atoms with Crippen LogP contribution >= 0.6 is 0 Å². The molecular weight excluding hydrogens is 298 g/mol. The topological polar surface area (TPSA) is 114 Å². The quantitative estimate of drug-likeness (QED) is 0.618. The number of hydrogen-bond acceptors (Lipinski definition) is 5. The van der Waals surface area contributed by atoms with Gasteiger partial charge in [-0.2, -0.15) is 0 Å². The monoisotopic (exact) mass is 311 g/mol. The number of sulfonamides is 1. The largest absolute Gasteiger partial charge is 0.497 e. The van der Waals surface area contributed by atoms with Gasteiger partial charge in [0.2, 0.25) is 10.0 Å².